The van der Waals surface area contributed by atoms with Crippen molar-refractivity contribution in [2.45, 2.75) is 39.3 Å². The van der Waals surface area contributed by atoms with Crippen molar-refractivity contribution in [1.82, 2.24) is 9.88 Å². The molecule has 4 heteroatoms. The average Bonchev–Trinajstić information content (AvgIpc) is 2.45. The van der Waals surface area contributed by atoms with Crippen molar-refractivity contribution in [3.05, 3.63) is 15.6 Å². The van der Waals surface area contributed by atoms with Gasteiger partial charge in [0.25, 0.3) is 0 Å². The van der Waals surface area contributed by atoms with E-state index in [1.165, 1.54) is 9.88 Å². The fourth-order valence-electron chi connectivity index (χ4n) is 1.97. The first-order valence-electron chi connectivity index (χ1n) is 5.48. The maximum atomic E-state index is 9.56. The van der Waals surface area contributed by atoms with Crippen LogP contribution in [0.3, 0.4) is 0 Å². The monoisotopic (exact) mass is 226 g/mol. The van der Waals surface area contributed by atoms with Crippen LogP contribution in [-0.4, -0.2) is 34.2 Å². The second-order valence-corrected chi connectivity index (χ2v) is 5.57. The number of hydrogen-bond donors (Lipinski definition) is 1. The largest absolute Gasteiger partial charge is 0.392 e. The van der Waals surface area contributed by atoms with E-state index in [9.17, 15) is 5.11 Å². The van der Waals surface area contributed by atoms with E-state index in [-0.39, 0.29) is 6.10 Å². The molecule has 1 aromatic rings. The molecule has 2 heterocycles. The van der Waals surface area contributed by atoms with Crippen LogP contribution in [0, 0.1) is 13.8 Å². The van der Waals surface area contributed by atoms with Gasteiger partial charge in [-0.3, -0.25) is 4.90 Å². The molecule has 84 valence electrons. The highest BCUT2D eigenvalue weighted by Gasteiger charge is 2.18. The van der Waals surface area contributed by atoms with E-state index < -0.39 is 0 Å². The van der Waals surface area contributed by atoms with E-state index in [2.05, 4.69) is 23.7 Å². The van der Waals surface area contributed by atoms with Gasteiger partial charge >= 0.3 is 0 Å². The number of likely N-dealkylation sites (tertiary alicyclic amines) is 1. The van der Waals surface area contributed by atoms with E-state index in [0.29, 0.717) is 0 Å². The molecular weight excluding hydrogens is 208 g/mol. The Bertz CT molecular complexity index is 318. The lowest BCUT2D eigenvalue weighted by atomic mass is 10.1. The van der Waals surface area contributed by atoms with Gasteiger partial charge in [-0.05, 0) is 33.2 Å². The second kappa shape index (κ2) is 4.60. The molecular formula is C11H18N2OS. The van der Waals surface area contributed by atoms with E-state index >= 15 is 0 Å². The SMILES string of the molecule is Cc1nc(CN2CCC[C@H](O)C2)sc1C. The topological polar surface area (TPSA) is 36.4 Å². The fourth-order valence-corrected chi connectivity index (χ4v) is 2.95. The number of piperidine rings is 1. The predicted octanol–water partition coefficient (Wildman–Crippen LogP) is 1.72. The molecule has 2 rings (SSSR count). The van der Waals surface area contributed by atoms with Gasteiger partial charge in [0.15, 0.2) is 0 Å². The molecule has 1 N–H and O–H groups in total. The maximum Gasteiger partial charge on any atom is 0.107 e. The van der Waals surface area contributed by atoms with Crippen LogP contribution in [0.4, 0.5) is 0 Å². The van der Waals surface area contributed by atoms with Gasteiger partial charge in [0.1, 0.15) is 5.01 Å². The van der Waals surface area contributed by atoms with Crippen LogP contribution in [0.15, 0.2) is 0 Å². The van der Waals surface area contributed by atoms with E-state index in [1.807, 2.05) is 0 Å². The molecule has 1 fully saturated rings. The third kappa shape index (κ3) is 2.77. The lowest BCUT2D eigenvalue weighted by molar-refractivity contribution is 0.0668. The highest BCUT2D eigenvalue weighted by molar-refractivity contribution is 7.11. The minimum absolute atomic E-state index is 0.138. The van der Waals surface area contributed by atoms with E-state index in [4.69, 9.17) is 0 Å². The van der Waals surface area contributed by atoms with Gasteiger partial charge in [-0.1, -0.05) is 0 Å². The Hall–Kier alpha value is -0.450. The molecule has 0 amide bonds. The summed E-state index contributed by atoms with van der Waals surface area (Å²) in [4.78, 5) is 8.13. The molecule has 0 bridgehead atoms. The minimum atomic E-state index is -0.138. The lowest BCUT2D eigenvalue weighted by Gasteiger charge is -2.29. The summed E-state index contributed by atoms with van der Waals surface area (Å²) in [6.07, 6.45) is 1.91. The van der Waals surface area contributed by atoms with Gasteiger partial charge in [0.2, 0.25) is 0 Å². The van der Waals surface area contributed by atoms with Crippen LogP contribution in [0.1, 0.15) is 28.4 Å². The number of aliphatic hydroxyl groups excluding tert-OH is 1. The molecule has 0 spiro atoms. The lowest BCUT2D eigenvalue weighted by Crippen LogP contribution is -2.37. The number of thiazole rings is 1. The quantitative estimate of drug-likeness (QED) is 0.834. The third-order valence-electron chi connectivity index (χ3n) is 2.91. The Balaban J connectivity index is 1.96. The number of aliphatic hydroxyl groups is 1. The molecule has 0 aromatic carbocycles. The molecule has 0 radical (unpaired) electrons. The van der Waals surface area contributed by atoms with Crippen LogP contribution in [0.2, 0.25) is 0 Å². The summed E-state index contributed by atoms with van der Waals surface area (Å²) < 4.78 is 0. The number of aromatic nitrogens is 1. The van der Waals surface area contributed by atoms with E-state index in [0.717, 1.165) is 38.2 Å². The van der Waals surface area contributed by atoms with Crippen LogP contribution in [-0.2, 0) is 6.54 Å². The third-order valence-corrected chi connectivity index (χ3v) is 3.97. The Morgan fingerprint density at radius 2 is 2.33 bits per heavy atom. The zero-order valence-corrected chi connectivity index (χ0v) is 10.2. The predicted molar refractivity (Wildman–Crippen MR) is 62.1 cm³/mol. The van der Waals surface area contributed by atoms with Crippen molar-refractivity contribution in [2.75, 3.05) is 13.1 Å². The zero-order valence-electron chi connectivity index (χ0n) is 9.36. The summed E-state index contributed by atoms with van der Waals surface area (Å²) in [6, 6.07) is 0. The Morgan fingerprint density at radius 1 is 1.53 bits per heavy atom. The first-order valence-corrected chi connectivity index (χ1v) is 6.30. The van der Waals surface area contributed by atoms with Crippen LogP contribution < -0.4 is 0 Å². The molecule has 1 aromatic heterocycles. The Morgan fingerprint density at radius 3 is 2.93 bits per heavy atom. The van der Waals surface area contributed by atoms with Crippen LogP contribution in [0.5, 0.6) is 0 Å². The fraction of sp³-hybridized carbons (Fsp3) is 0.727. The van der Waals surface area contributed by atoms with Crippen molar-refractivity contribution in [1.29, 1.82) is 0 Å². The van der Waals surface area contributed by atoms with Crippen molar-refractivity contribution < 1.29 is 5.11 Å². The van der Waals surface area contributed by atoms with Crippen LogP contribution in [0.25, 0.3) is 0 Å². The van der Waals surface area contributed by atoms with Crippen molar-refractivity contribution in [2.24, 2.45) is 0 Å². The Labute approximate surface area is 94.8 Å². The number of nitrogens with zero attached hydrogens (tertiary/aromatic N) is 2. The molecule has 1 saturated heterocycles. The van der Waals surface area contributed by atoms with Crippen molar-refractivity contribution >= 4 is 11.3 Å². The number of aryl methyl sites for hydroxylation is 2. The highest BCUT2D eigenvalue weighted by atomic mass is 32.1. The van der Waals surface area contributed by atoms with Gasteiger partial charge in [0.05, 0.1) is 18.3 Å². The summed E-state index contributed by atoms with van der Waals surface area (Å²) in [5, 5.41) is 10.7. The van der Waals surface area contributed by atoms with E-state index in [1.54, 1.807) is 11.3 Å². The molecule has 1 aliphatic heterocycles. The summed E-state index contributed by atoms with van der Waals surface area (Å²) >= 11 is 1.77. The average molecular weight is 226 g/mol. The molecule has 1 aliphatic rings. The highest BCUT2D eigenvalue weighted by Crippen LogP contribution is 2.20. The van der Waals surface area contributed by atoms with Gasteiger partial charge in [-0.2, -0.15) is 0 Å². The number of β-amino-alcohol motifs (C(OH)–C–C–N with tert-alkyl or cyclic N) is 1. The summed E-state index contributed by atoms with van der Waals surface area (Å²) in [6.45, 7) is 6.96. The summed E-state index contributed by atoms with van der Waals surface area (Å²) in [7, 11) is 0. The summed E-state index contributed by atoms with van der Waals surface area (Å²) in [5.41, 5.74) is 1.15. The minimum Gasteiger partial charge on any atom is -0.392 e. The van der Waals surface area contributed by atoms with Gasteiger partial charge in [0, 0.05) is 11.4 Å². The molecule has 0 unspecified atom stereocenters. The zero-order chi connectivity index (χ0) is 10.8. The first kappa shape index (κ1) is 11.0. The van der Waals surface area contributed by atoms with Gasteiger partial charge in [-0.25, -0.2) is 4.98 Å². The second-order valence-electron chi connectivity index (χ2n) is 4.28. The number of hydrogen-bond acceptors (Lipinski definition) is 4. The smallest absolute Gasteiger partial charge is 0.107 e. The van der Waals surface area contributed by atoms with Crippen LogP contribution >= 0.6 is 11.3 Å². The maximum absolute atomic E-state index is 9.56. The molecule has 15 heavy (non-hydrogen) atoms. The molecule has 1 atom stereocenters. The standard InChI is InChI=1S/C11H18N2OS/c1-8-9(2)15-11(12-8)7-13-5-3-4-10(14)6-13/h10,14H,3-7H2,1-2H3/t10-/m0/s1. The van der Waals surface area contributed by atoms with Gasteiger partial charge in [-0.15, -0.1) is 11.3 Å². The molecule has 0 aliphatic carbocycles. The van der Waals surface area contributed by atoms with Crippen molar-refractivity contribution in [3.8, 4) is 0 Å². The first-order chi connectivity index (χ1) is 7.15. The van der Waals surface area contributed by atoms with Crippen molar-refractivity contribution in [3.63, 3.8) is 0 Å². The molecule has 0 saturated carbocycles. The van der Waals surface area contributed by atoms with Gasteiger partial charge < -0.3 is 5.11 Å². The normalized spacial score (nSPS) is 23.3. The Kier molecular flexibility index (Phi) is 3.38. The number of rotatable bonds is 2. The summed E-state index contributed by atoms with van der Waals surface area (Å²) in [5.74, 6) is 0. The molecule has 3 nitrogen and oxygen atoms in total.